The van der Waals surface area contributed by atoms with Gasteiger partial charge in [0.15, 0.2) is 29.3 Å². The van der Waals surface area contributed by atoms with Crippen LogP contribution in [0.25, 0.3) is 0 Å². The molecule has 0 aliphatic carbocycles. The highest BCUT2D eigenvalue weighted by Crippen LogP contribution is 2.41. The number of methoxy groups -OCH3 is 3. The van der Waals surface area contributed by atoms with Crippen molar-refractivity contribution in [2.45, 2.75) is 19.1 Å². The topological polar surface area (TPSA) is 75.6 Å². The van der Waals surface area contributed by atoms with E-state index in [0.717, 1.165) is 29.0 Å². The molecule has 2 aromatic rings. The molecule has 2 aliphatic rings. The third-order valence-corrected chi connectivity index (χ3v) is 5.58. The second-order valence-corrected chi connectivity index (χ2v) is 7.28. The quantitative estimate of drug-likeness (QED) is 0.763. The van der Waals surface area contributed by atoms with Crippen LogP contribution < -0.4 is 23.7 Å². The first-order valence-electron chi connectivity index (χ1n) is 9.60. The molecule has 29 heavy (non-hydrogen) atoms. The fourth-order valence-electron chi connectivity index (χ4n) is 4.08. The Morgan fingerprint density at radius 3 is 2.31 bits per heavy atom. The van der Waals surface area contributed by atoms with Gasteiger partial charge in [0.05, 0.1) is 27.9 Å². The number of ether oxygens (including phenoxy) is 6. The predicted molar refractivity (Wildman–Crippen MR) is 105 cm³/mol. The molecule has 1 saturated heterocycles. The zero-order valence-corrected chi connectivity index (χ0v) is 16.8. The number of rotatable bonds is 7. The molecule has 2 aromatic carbocycles. The van der Waals surface area contributed by atoms with Crippen LogP contribution in [0, 0.1) is 11.8 Å². The number of aliphatic hydroxyl groups excluding tert-OH is 1. The van der Waals surface area contributed by atoms with E-state index in [9.17, 15) is 5.11 Å². The number of benzene rings is 2. The minimum Gasteiger partial charge on any atom is -0.493 e. The van der Waals surface area contributed by atoms with E-state index >= 15 is 0 Å². The Morgan fingerprint density at radius 1 is 0.897 bits per heavy atom. The molecule has 0 aromatic heterocycles. The van der Waals surface area contributed by atoms with Gasteiger partial charge in [0, 0.05) is 5.92 Å². The zero-order chi connectivity index (χ0) is 20.4. The lowest BCUT2D eigenvalue weighted by Crippen LogP contribution is -2.24. The van der Waals surface area contributed by atoms with Gasteiger partial charge >= 0.3 is 0 Å². The molecule has 1 N–H and O–H groups in total. The summed E-state index contributed by atoms with van der Waals surface area (Å²) in [5, 5.41) is 10.5. The van der Waals surface area contributed by atoms with Crippen LogP contribution in [-0.4, -0.2) is 46.1 Å². The molecule has 0 amide bonds. The van der Waals surface area contributed by atoms with Crippen molar-refractivity contribution in [3.8, 4) is 28.7 Å². The molecule has 3 atom stereocenters. The molecule has 2 heterocycles. The van der Waals surface area contributed by atoms with Crippen LogP contribution in [0.3, 0.4) is 0 Å². The minimum atomic E-state index is -0.812. The molecule has 156 valence electrons. The molecule has 0 unspecified atom stereocenters. The summed E-state index contributed by atoms with van der Waals surface area (Å²) in [6.07, 6.45) is 0.601. The molecule has 0 spiro atoms. The molecule has 4 rings (SSSR count). The van der Waals surface area contributed by atoms with Crippen molar-refractivity contribution in [2.75, 3.05) is 34.7 Å². The Hall–Kier alpha value is -2.64. The van der Waals surface area contributed by atoms with Gasteiger partial charge in [-0.1, -0.05) is 6.07 Å². The minimum absolute atomic E-state index is 0.0526. The summed E-state index contributed by atoms with van der Waals surface area (Å²) in [5.41, 5.74) is 2.12. The van der Waals surface area contributed by atoms with Crippen molar-refractivity contribution in [3.63, 3.8) is 0 Å². The molecule has 1 fully saturated rings. The van der Waals surface area contributed by atoms with Crippen molar-refractivity contribution in [2.24, 2.45) is 11.8 Å². The van der Waals surface area contributed by atoms with E-state index in [0.29, 0.717) is 30.3 Å². The van der Waals surface area contributed by atoms with Gasteiger partial charge in [0.25, 0.3) is 0 Å². The molecular weight excluding hydrogens is 376 g/mol. The zero-order valence-electron chi connectivity index (χ0n) is 16.8. The summed E-state index contributed by atoms with van der Waals surface area (Å²) in [7, 11) is 4.77. The molecule has 2 aliphatic heterocycles. The largest absolute Gasteiger partial charge is 0.493 e. The number of aliphatic hydroxyl groups is 1. The molecule has 7 nitrogen and oxygen atoms in total. The Labute approximate surface area is 170 Å². The van der Waals surface area contributed by atoms with E-state index in [2.05, 4.69) is 0 Å². The van der Waals surface area contributed by atoms with Crippen molar-refractivity contribution < 1.29 is 33.5 Å². The van der Waals surface area contributed by atoms with E-state index in [4.69, 9.17) is 28.4 Å². The van der Waals surface area contributed by atoms with Gasteiger partial charge in [-0.15, -0.1) is 0 Å². The van der Waals surface area contributed by atoms with E-state index in [1.165, 1.54) is 0 Å². The summed E-state index contributed by atoms with van der Waals surface area (Å²) in [4.78, 5) is 0. The average Bonchev–Trinajstić information content (AvgIpc) is 3.34. The van der Waals surface area contributed by atoms with Crippen LogP contribution in [0.4, 0.5) is 0 Å². The first-order chi connectivity index (χ1) is 14.1. The van der Waals surface area contributed by atoms with Crippen LogP contribution in [0.15, 0.2) is 30.3 Å². The molecule has 0 radical (unpaired) electrons. The maximum Gasteiger partial charge on any atom is 0.231 e. The van der Waals surface area contributed by atoms with Crippen molar-refractivity contribution >= 4 is 0 Å². The maximum atomic E-state index is 10.5. The van der Waals surface area contributed by atoms with E-state index in [1.807, 2.05) is 30.3 Å². The first kappa shape index (κ1) is 19.7. The van der Waals surface area contributed by atoms with Gasteiger partial charge in [-0.25, -0.2) is 0 Å². The Balaban J connectivity index is 1.53. The maximum absolute atomic E-state index is 10.5. The highest BCUT2D eigenvalue weighted by molar-refractivity contribution is 5.54. The summed E-state index contributed by atoms with van der Waals surface area (Å²) in [6, 6.07) is 9.81. The summed E-state index contributed by atoms with van der Waals surface area (Å²) >= 11 is 0. The van der Waals surface area contributed by atoms with Crippen LogP contribution in [0.1, 0.15) is 11.1 Å². The second kappa shape index (κ2) is 8.39. The van der Waals surface area contributed by atoms with E-state index < -0.39 is 6.29 Å². The Kier molecular flexibility index (Phi) is 5.69. The Bertz CT molecular complexity index is 841. The smallest absolute Gasteiger partial charge is 0.231 e. The molecular formula is C22H26O7. The molecule has 0 bridgehead atoms. The SMILES string of the molecule is COc1cc(C[C@H]2[C@H](Cc3ccc4c(c3)OCO4)CO[C@@H]2O)cc(OC)c1OC. The highest BCUT2D eigenvalue weighted by Gasteiger charge is 2.36. The second-order valence-electron chi connectivity index (χ2n) is 7.28. The van der Waals surface area contributed by atoms with Crippen LogP contribution in [0.5, 0.6) is 28.7 Å². The van der Waals surface area contributed by atoms with Gasteiger partial charge in [-0.3, -0.25) is 0 Å². The normalized spacial score (nSPS) is 22.6. The fourth-order valence-corrected chi connectivity index (χ4v) is 4.08. The number of hydrogen-bond donors (Lipinski definition) is 1. The third-order valence-electron chi connectivity index (χ3n) is 5.58. The van der Waals surface area contributed by atoms with Gasteiger partial charge < -0.3 is 33.5 Å². The predicted octanol–water partition coefficient (Wildman–Crippen LogP) is 2.81. The summed E-state index contributed by atoms with van der Waals surface area (Å²) in [5.74, 6) is 3.41. The standard InChI is InChI=1S/C22H26O7/c1-24-19-9-14(10-20(25-2)21(19)26-3)7-16-15(11-27-22(16)23)6-13-4-5-17-18(8-13)29-12-28-17/h4-5,8-10,15-16,22-23H,6-7,11-12H2,1-3H3/t15-,16+,22+/m1/s1. The van der Waals surface area contributed by atoms with Crippen LogP contribution in [-0.2, 0) is 17.6 Å². The van der Waals surface area contributed by atoms with Crippen molar-refractivity contribution in [1.82, 2.24) is 0 Å². The van der Waals surface area contributed by atoms with Gasteiger partial charge in [0.1, 0.15) is 0 Å². The lowest BCUT2D eigenvalue weighted by atomic mass is 9.84. The first-order valence-corrected chi connectivity index (χ1v) is 9.60. The molecule has 0 saturated carbocycles. The van der Waals surface area contributed by atoms with Gasteiger partial charge in [-0.2, -0.15) is 0 Å². The highest BCUT2D eigenvalue weighted by atomic mass is 16.7. The lowest BCUT2D eigenvalue weighted by Gasteiger charge is -2.21. The Morgan fingerprint density at radius 2 is 1.62 bits per heavy atom. The van der Waals surface area contributed by atoms with Gasteiger partial charge in [0.2, 0.25) is 12.5 Å². The average molecular weight is 402 g/mol. The summed E-state index contributed by atoms with van der Waals surface area (Å²) < 4.78 is 32.7. The number of fused-ring (bicyclic) bond motifs is 1. The third kappa shape index (κ3) is 3.93. The van der Waals surface area contributed by atoms with E-state index in [1.54, 1.807) is 21.3 Å². The number of hydrogen-bond acceptors (Lipinski definition) is 7. The fraction of sp³-hybridized carbons (Fsp3) is 0.455. The van der Waals surface area contributed by atoms with E-state index in [-0.39, 0.29) is 18.6 Å². The lowest BCUT2D eigenvalue weighted by molar-refractivity contribution is -0.0820. The van der Waals surface area contributed by atoms with Crippen molar-refractivity contribution in [3.05, 3.63) is 41.5 Å². The molecule has 7 heteroatoms. The van der Waals surface area contributed by atoms with Crippen molar-refractivity contribution in [1.29, 1.82) is 0 Å². The monoisotopic (exact) mass is 402 g/mol. The van der Waals surface area contributed by atoms with Crippen LogP contribution >= 0.6 is 0 Å². The van der Waals surface area contributed by atoms with Crippen LogP contribution in [0.2, 0.25) is 0 Å². The summed E-state index contributed by atoms with van der Waals surface area (Å²) in [6.45, 7) is 0.762. The van der Waals surface area contributed by atoms with Gasteiger partial charge in [-0.05, 0) is 54.2 Å².